The summed E-state index contributed by atoms with van der Waals surface area (Å²) >= 11 is 5.21. The van der Waals surface area contributed by atoms with Gasteiger partial charge in [0.15, 0.2) is 4.77 Å². The number of benzene rings is 2. The Kier molecular flexibility index (Phi) is 5.51. The standard InChI is InChI=1S/C20H18N4O3S/c1-12-4-3-5-16(10-12)24-19(27)17(18(26)23-20(24)28)11-21-14-6-8-15(9-7-14)22-13(2)25/h3-11,27H,1-2H3,(H,22,25)(H,23,26,28). The van der Waals surface area contributed by atoms with Crippen molar-refractivity contribution in [3.05, 3.63) is 74.8 Å². The molecule has 7 nitrogen and oxygen atoms in total. The van der Waals surface area contributed by atoms with E-state index in [1.807, 2.05) is 25.1 Å². The zero-order valence-corrected chi connectivity index (χ0v) is 16.1. The van der Waals surface area contributed by atoms with Crippen LogP contribution in [-0.4, -0.2) is 26.8 Å². The predicted octanol–water partition coefficient (Wildman–Crippen LogP) is 3.62. The number of hydrogen-bond acceptors (Lipinski definition) is 5. The Morgan fingerprint density at radius 2 is 1.96 bits per heavy atom. The molecule has 0 aliphatic carbocycles. The number of hydrogen-bond donors (Lipinski definition) is 3. The molecule has 3 aromatic rings. The molecule has 0 radical (unpaired) electrons. The lowest BCUT2D eigenvalue weighted by Crippen LogP contribution is -2.18. The number of nitrogens with one attached hydrogen (secondary N) is 2. The van der Waals surface area contributed by atoms with Crippen LogP contribution in [0.5, 0.6) is 5.88 Å². The number of carbonyl (C=O) groups is 1. The number of H-pyrrole nitrogens is 1. The van der Waals surface area contributed by atoms with E-state index in [2.05, 4.69) is 15.3 Å². The third kappa shape index (κ3) is 4.24. The van der Waals surface area contributed by atoms with Crippen LogP contribution < -0.4 is 10.9 Å². The molecule has 1 heterocycles. The lowest BCUT2D eigenvalue weighted by Gasteiger charge is -2.11. The van der Waals surface area contributed by atoms with Gasteiger partial charge in [0.1, 0.15) is 5.56 Å². The largest absolute Gasteiger partial charge is 0.494 e. The number of aromatic hydroxyl groups is 1. The monoisotopic (exact) mass is 394 g/mol. The molecule has 1 aromatic heterocycles. The van der Waals surface area contributed by atoms with Crippen molar-refractivity contribution in [3.8, 4) is 11.6 Å². The molecule has 0 spiro atoms. The summed E-state index contributed by atoms with van der Waals surface area (Å²) in [6, 6.07) is 14.1. The first-order chi connectivity index (χ1) is 13.3. The number of aromatic amines is 1. The number of aryl methyl sites for hydroxylation is 1. The first-order valence-corrected chi connectivity index (χ1v) is 8.83. The minimum absolute atomic E-state index is 0.0129. The van der Waals surface area contributed by atoms with Crippen molar-refractivity contribution in [1.82, 2.24) is 9.55 Å². The summed E-state index contributed by atoms with van der Waals surface area (Å²) in [5.74, 6) is -0.463. The van der Waals surface area contributed by atoms with Crippen molar-refractivity contribution in [1.29, 1.82) is 0 Å². The SMILES string of the molecule is CC(=O)Nc1ccc(N=Cc2c(O)n(-c3cccc(C)c3)c(=S)[nH]c2=O)cc1. The van der Waals surface area contributed by atoms with Gasteiger partial charge in [-0.05, 0) is 61.1 Å². The van der Waals surface area contributed by atoms with Crippen LogP contribution in [0.1, 0.15) is 18.1 Å². The lowest BCUT2D eigenvalue weighted by molar-refractivity contribution is -0.114. The highest BCUT2D eigenvalue weighted by Gasteiger charge is 2.12. The molecule has 0 saturated carbocycles. The highest BCUT2D eigenvalue weighted by Crippen LogP contribution is 2.21. The molecule has 142 valence electrons. The number of carbonyl (C=O) groups excluding carboxylic acids is 1. The van der Waals surface area contributed by atoms with Crippen molar-refractivity contribution in [3.63, 3.8) is 0 Å². The number of aliphatic imine (C=N–C) groups is 1. The maximum atomic E-state index is 12.3. The molecular formula is C20H18N4O3S. The predicted molar refractivity (Wildman–Crippen MR) is 112 cm³/mol. The summed E-state index contributed by atoms with van der Waals surface area (Å²) < 4.78 is 1.47. The van der Waals surface area contributed by atoms with Crippen molar-refractivity contribution in [2.24, 2.45) is 4.99 Å². The van der Waals surface area contributed by atoms with Crippen molar-refractivity contribution in [2.75, 3.05) is 5.32 Å². The molecular weight excluding hydrogens is 376 g/mol. The number of aromatic nitrogens is 2. The van der Waals surface area contributed by atoms with Gasteiger partial charge < -0.3 is 10.4 Å². The Balaban J connectivity index is 1.99. The van der Waals surface area contributed by atoms with E-state index in [0.717, 1.165) is 5.56 Å². The third-order valence-corrected chi connectivity index (χ3v) is 4.20. The second-order valence-electron chi connectivity index (χ2n) is 6.16. The smallest absolute Gasteiger partial charge is 0.264 e. The van der Waals surface area contributed by atoms with E-state index < -0.39 is 5.56 Å². The second kappa shape index (κ2) is 8.01. The van der Waals surface area contributed by atoms with E-state index in [1.165, 1.54) is 17.7 Å². The average molecular weight is 394 g/mol. The zero-order chi connectivity index (χ0) is 20.3. The molecule has 1 amide bonds. The van der Waals surface area contributed by atoms with Gasteiger partial charge in [-0.25, -0.2) is 0 Å². The van der Waals surface area contributed by atoms with E-state index in [0.29, 0.717) is 17.1 Å². The van der Waals surface area contributed by atoms with Crippen LogP contribution >= 0.6 is 12.2 Å². The van der Waals surface area contributed by atoms with Gasteiger partial charge in [-0.2, -0.15) is 0 Å². The molecule has 8 heteroatoms. The molecule has 3 rings (SSSR count). The number of rotatable bonds is 4. The Bertz CT molecular complexity index is 1180. The summed E-state index contributed by atoms with van der Waals surface area (Å²) in [6.07, 6.45) is 1.28. The molecule has 0 saturated heterocycles. The van der Waals surface area contributed by atoms with E-state index in [1.54, 1.807) is 30.3 Å². The fraction of sp³-hybridized carbons (Fsp3) is 0.100. The Hall–Kier alpha value is -3.52. The summed E-state index contributed by atoms with van der Waals surface area (Å²) in [4.78, 5) is 30.1. The molecule has 28 heavy (non-hydrogen) atoms. The van der Waals surface area contributed by atoms with Crippen LogP contribution in [0, 0.1) is 11.7 Å². The van der Waals surface area contributed by atoms with E-state index in [-0.39, 0.29) is 22.1 Å². The Morgan fingerprint density at radius 1 is 1.25 bits per heavy atom. The summed E-state index contributed by atoms with van der Waals surface area (Å²) in [6.45, 7) is 3.34. The van der Waals surface area contributed by atoms with Crippen LogP contribution in [-0.2, 0) is 4.79 Å². The Labute approximate surface area is 166 Å². The van der Waals surface area contributed by atoms with Crippen LogP contribution in [0.15, 0.2) is 58.3 Å². The van der Waals surface area contributed by atoms with Crippen LogP contribution in [0.3, 0.4) is 0 Å². The van der Waals surface area contributed by atoms with Gasteiger partial charge in [-0.3, -0.25) is 24.1 Å². The van der Waals surface area contributed by atoms with Gasteiger partial charge in [0.2, 0.25) is 11.8 Å². The topological polar surface area (TPSA) is 99.5 Å². The van der Waals surface area contributed by atoms with E-state index in [4.69, 9.17) is 12.2 Å². The first kappa shape index (κ1) is 19.2. The van der Waals surface area contributed by atoms with E-state index in [9.17, 15) is 14.7 Å². The van der Waals surface area contributed by atoms with Gasteiger partial charge in [0, 0.05) is 18.8 Å². The molecule has 0 aliphatic rings. The van der Waals surface area contributed by atoms with Gasteiger partial charge in [0.25, 0.3) is 5.56 Å². The van der Waals surface area contributed by atoms with Crippen LogP contribution in [0.2, 0.25) is 0 Å². The van der Waals surface area contributed by atoms with Gasteiger partial charge in [0.05, 0.1) is 11.4 Å². The highest BCUT2D eigenvalue weighted by molar-refractivity contribution is 7.71. The zero-order valence-electron chi connectivity index (χ0n) is 15.3. The van der Waals surface area contributed by atoms with E-state index >= 15 is 0 Å². The van der Waals surface area contributed by atoms with Crippen molar-refractivity contribution >= 4 is 35.7 Å². The quantitative estimate of drug-likeness (QED) is 0.465. The molecule has 0 unspecified atom stereocenters. The number of nitrogens with zero attached hydrogens (tertiary/aromatic N) is 2. The normalized spacial score (nSPS) is 10.9. The average Bonchev–Trinajstić information content (AvgIpc) is 2.62. The molecule has 0 atom stereocenters. The third-order valence-electron chi connectivity index (χ3n) is 3.91. The summed E-state index contributed by atoms with van der Waals surface area (Å²) in [5, 5.41) is 13.3. The minimum Gasteiger partial charge on any atom is -0.494 e. The molecule has 0 bridgehead atoms. The van der Waals surface area contributed by atoms with Crippen molar-refractivity contribution in [2.45, 2.75) is 13.8 Å². The fourth-order valence-corrected chi connectivity index (χ4v) is 2.92. The lowest BCUT2D eigenvalue weighted by atomic mass is 10.2. The van der Waals surface area contributed by atoms with Crippen LogP contribution in [0.25, 0.3) is 5.69 Å². The summed E-state index contributed by atoms with van der Waals surface area (Å²) in [7, 11) is 0. The second-order valence-corrected chi connectivity index (χ2v) is 6.54. The van der Waals surface area contributed by atoms with Crippen molar-refractivity contribution < 1.29 is 9.90 Å². The van der Waals surface area contributed by atoms with Crippen LogP contribution in [0.4, 0.5) is 11.4 Å². The van der Waals surface area contributed by atoms with Gasteiger partial charge in [-0.1, -0.05) is 12.1 Å². The summed E-state index contributed by atoms with van der Waals surface area (Å²) in [5.41, 5.74) is 2.26. The van der Waals surface area contributed by atoms with Gasteiger partial charge in [-0.15, -0.1) is 0 Å². The molecule has 2 aromatic carbocycles. The van der Waals surface area contributed by atoms with Gasteiger partial charge >= 0.3 is 0 Å². The Morgan fingerprint density at radius 3 is 2.61 bits per heavy atom. The maximum Gasteiger partial charge on any atom is 0.264 e. The number of amides is 1. The highest BCUT2D eigenvalue weighted by atomic mass is 32.1. The molecule has 0 aliphatic heterocycles. The minimum atomic E-state index is -0.537. The first-order valence-electron chi connectivity index (χ1n) is 8.42. The molecule has 3 N–H and O–H groups in total. The molecule has 0 fully saturated rings. The number of anilines is 1. The fourth-order valence-electron chi connectivity index (χ4n) is 2.63. The maximum absolute atomic E-state index is 12.3.